The molecule has 0 saturated heterocycles. The van der Waals surface area contributed by atoms with Crippen LogP contribution in [-0.2, 0) is 12.8 Å². The van der Waals surface area contributed by atoms with Crippen LogP contribution >= 0.6 is 11.8 Å². The molecule has 0 spiro atoms. The molecule has 0 saturated carbocycles. The molecule has 0 bridgehead atoms. The highest BCUT2D eigenvalue weighted by atomic mass is 32.2. The molecule has 0 amide bonds. The van der Waals surface area contributed by atoms with Crippen LogP contribution in [0.3, 0.4) is 0 Å². The maximum atomic E-state index is 5.20. The number of terminal acetylenes is 1. The fraction of sp³-hybridized carbons (Fsp3) is 0.538. The Labute approximate surface area is 107 Å². The zero-order valence-electron chi connectivity index (χ0n) is 9.91. The van der Waals surface area contributed by atoms with Gasteiger partial charge in [-0.2, -0.15) is 0 Å². The van der Waals surface area contributed by atoms with Gasteiger partial charge in [-0.1, -0.05) is 5.92 Å². The lowest BCUT2D eigenvalue weighted by molar-refractivity contribution is 0.663. The fourth-order valence-electron chi connectivity index (χ4n) is 2.05. The quantitative estimate of drug-likeness (QED) is 0.639. The normalized spacial score (nSPS) is 13.8. The Morgan fingerprint density at radius 2 is 2.24 bits per heavy atom. The number of hydrogen-bond acceptors (Lipinski definition) is 4. The summed E-state index contributed by atoms with van der Waals surface area (Å²) in [5.74, 6) is 5.45. The summed E-state index contributed by atoms with van der Waals surface area (Å²) < 4.78 is 0. The number of hydrogen-bond donors (Lipinski definition) is 1. The van der Waals surface area contributed by atoms with Crippen LogP contribution in [0.15, 0.2) is 6.33 Å². The standard InChI is InChI=1S/C13H17N3S/c1-2-8-17-9-7-14-13-11-5-3-4-6-12(11)15-10-16-13/h1,10H,3-9H2,(H,14,15,16). The van der Waals surface area contributed by atoms with Gasteiger partial charge >= 0.3 is 0 Å². The average Bonchev–Trinajstić information content (AvgIpc) is 2.39. The van der Waals surface area contributed by atoms with Crippen LogP contribution in [0.1, 0.15) is 24.1 Å². The van der Waals surface area contributed by atoms with Crippen LogP contribution in [0, 0.1) is 12.3 Å². The summed E-state index contributed by atoms with van der Waals surface area (Å²) in [7, 11) is 0. The van der Waals surface area contributed by atoms with Gasteiger partial charge in [-0.15, -0.1) is 18.2 Å². The third-order valence-corrected chi connectivity index (χ3v) is 3.71. The molecule has 90 valence electrons. The van der Waals surface area contributed by atoms with Crippen molar-refractivity contribution in [2.75, 3.05) is 23.4 Å². The Kier molecular flexibility index (Phi) is 4.69. The third kappa shape index (κ3) is 3.37. The van der Waals surface area contributed by atoms with E-state index in [9.17, 15) is 0 Å². The van der Waals surface area contributed by atoms with E-state index in [-0.39, 0.29) is 0 Å². The predicted molar refractivity (Wildman–Crippen MR) is 73.3 cm³/mol. The molecule has 2 rings (SSSR count). The van der Waals surface area contributed by atoms with Gasteiger partial charge in [0.15, 0.2) is 0 Å². The Bertz CT molecular complexity index is 412. The number of nitrogens with one attached hydrogen (secondary N) is 1. The van der Waals surface area contributed by atoms with Gasteiger partial charge in [-0.05, 0) is 25.7 Å². The number of aryl methyl sites for hydroxylation is 1. The zero-order chi connectivity index (χ0) is 11.9. The first-order valence-electron chi connectivity index (χ1n) is 5.99. The molecular formula is C13H17N3S. The van der Waals surface area contributed by atoms with Crippen molar-refractivity contribution in [2.24, 2.45) is 0 Å². The lowest BCUT2D eigenvalue weighted by atomic mass is 9.96. The van der Waals surface area contributed by atoms with Gasteiger partial charge < -0.3 is 5.32 Å². The second-order valence-electron chi connectivity index (χ2n) is 4.04. The van der Waals surface area contributed by atoms with E-state index < -0.39 is 0 Å². The van der Waals surface area contributed by atoms with Crippen LogP contribution in [0.4, 0.5) is 5.82 Å². The molecule has 0 aliphatic heterocycles. The molecule has 1 heterocycles. The number of thioether (sulfide) groups is 1. The smallest absolute Gasteiger partial charge is 0.132 e. The van der Waals surface area contributed by atoms with Crippen molar-refractivity contribution in [1.82, 2.24) is 9.97 Å². The maximum absolute atomic E-state index is 5.20. The highest BCUT2D eigenvalue weighted by Crippen LogP contribution is 2.24. The Balaban J connectivity index is 1.90. The van der Waals surface area contributed by atoms with Crippen LogP contribution in [0.5, 0.6) is 0 Å². The molecule has 3 nitrogen and oxygen atoms in total. The van der Waals surface area contributed by atoms with Crippen LogP contribution in [0.25, 0.3) is 0 Å². The van der Waals surface area contributed by atoms with Crippen molar-refractivity contribution in [1.29, 1.82) is 0 Å². The topological polar surface area (TPSA) is 37.8 Å². The van der Waals surface area contributed by atoms with Crippen molar-refractivity contribution in [2.45, 2.75) is 25.7 Å². The molecule has 0 radical (unpaired) electrons. The highest BCUT2D eigenvalue weighted by molar-refractivity contribution is 7.99. The first-order valence-corrected chi connectivity index (χ1v) is 7.15. The summed E-state index contributed by atoms with van der Waals surface area (Å²) in [5, 5.41) is 3.39. The van der Waals surface area contributed by atoms with Crippen molar-refractivity contribution in [3.63, 3.8) is 0 Å². The summed E-state index contributed by atoms with van der Waals surface area (Å²) >= 11 is 1.77. The SMILES string of the molecule is C#CCSCCNc1ncnc2c1CCCC2. The predicted octanol–water partition coefficient (Wildman–Crippen LogP) is 2.13. The number of fused-ring (bicyclic) bond motifs is 1. The van der Waals surface area contributed by atoms with E-state index in [1.807, 2.05) is 0 Å². The Hall–Kier alpha value is -1.21. The lowest BCUT2D eigenvalue weighted by Crippen LogP contribution is -2.13. The van der Waals surface area contributed by atoms with E-state index in [1.54, 1.807) is 18.1 Å². The zero-order valence-corrected chi connectivity index (χ0v) is 10.7. The fourth-order valence-corrected chi connectivity index (χ4v) is 2.55. The molecular weight excluding hydrogens is 230 g/mol. The van der Waals surface area contributed by atoms with E-state index >= 15 is 0 Å². The largest absolute Gasteiger partial charge is 0.369 e. The molecule has 4 heteroatoms. The van der Waals surface area contributed by atoms with Gasteiger partial charge in [0.05, 0.1) is 5.75 Å². The van der Waals surface area contributed by atoms with E-state index in [1.165, 1.54) is 24.1 Å². The molecule has 0 unspecified atom stereocenters. The number of nitrogens with zero attached hydrogens (tertiary/aromatic N) is 2. The minimum absolute atomic E-state index is 0.781. The van der Waals surface area contributed by atoms with Crippen molar-refractivity contribution >= 4 is 17.6 Å². The van der Waals surface area contributed by atoms with E-state index in [0.29, 0.717) is 0 Å². The second kappa shape index (κ2) is 6.51. The van der Waals surface area contributed by atoms with Gasteiger partial charge in [0.25, 0.3) is 0 Å². The molecule has 1 aliphatic rings. The van der Waals surface area contributed by atoms with Gasteiger partial charge in [-0.3, -0.25) is 0 Å². The summed E-state index contributed by atoms with van der Waals surface area (Å²) in [4.78, 5) is 8.69. The molecule has 0 aromatic carbocycles. The Morgan fingerprint density at radius 3 is 3.12 bits per heavy atom. The molecule has 1 aliphatic carbocycles. The number of aromatic nitrogens is 2. The van der Waals surface area contributed by atoms with Crippen molar-refractivity contribution in [3.05, 3.63) is 17.6 Å². The number of anilines is 1. The molecule has 1 aromatic rings. The molecule has 1 N–H and O–H groups in total. The summed E-state index contributed by atoms with van der Waals surface area (Å²) in [6, 6.07) is 0. The molecule has 1 aromatic heterocycles. The van der Waals surface area contributed by atoms with E-state index in [0.717, 1.165) is 36.7 Å². The van der Waals surface area contributed by atoms with Crippen molar-refractivity contribution in [3.8, 4) is 12.3 Å². The molecule has 0 atom stereocenters. The summed E-state index contributed by atoms with van der Waals surface area (Å²) in [6.07, 6.45) is 11.6. The van der Waals surface area contributed by atoms with Crippen LogP contribution < -0.4 is 5.32 Å². The maximum Gasteiger partial charge on any atom is 0.132 e. The third-order valence-electron chi connectivity index (χ3n) is 2.85. The minimum Gasteiger partial charge on any atom is -0.369 e. The van der Waals surface area contributed by atoms with E-state index in [2.05, 4.69) is 21.2 Å². The molecule has 17 heavy (non-hydrogen) atoms. The summed E-state index contributed by atoms with van der Waals surface area (Å²) in [6.45, 7) is 0.912. The Morgan fingerprint density at radius 1 is 1.35 bits per heavy atom. The van der Waals surface area contributed by atoms with Crippen molar-refractivity contribution < 1.29 is 0 Å². The van der Waals surface area contributed by atoms with Gasteiger partial charge in [0.1, 0.15) is 12.1 Å². The second-order valence-corrected chi connectivity index (χ2v) is 5.14. The average molecular weight is 247 g/mol. The van der Waals surface area contributed by atoms with Gasteiger partial charge in [0, 0.05) is 23.6 Å². The van der Waals surface area contributed by atoms with Crippen LogP contribution in [-0.4, -0.2) is 28.0 Å². The monoisotopic (exact) mass is 247 g/mol. The number of rotatable bonds is 5. The van der Waals surface area contributed by atoms with E-state index in [4.69, 9.17) is 6.42 Å². The molecule has 0 fully saturated rings. The minimum atomic E-state index is 0.781. The lowest BCUT2D eigenvalue weighted by Gasteiger charge is -2.17. The highest BCUT2D eigenvalue weighted by Gasteiger charge is 2.14. The first kappa shape index (κ1) is 12.3. The summed E-state index contributed by atoms with van der Waals surface area (Å²) in [5.41, 5.74) is 2.55. The first-order chi connectivity index (χ1) is 8.42. The van der Waals surface area contributed by atoms with Gasteiger partial charge in [-0.25, -0.2) is 9.97 Å². The van der Waals surface area contributed by atoms with Gasteiger partial charge in [0.2, 0.25) is 0 Å². The van der Waals surface area contributed by atoms with Crippen LogP contribution in [0.2, 0.25) is 0 Å².